The van der Waals surface area contributed by atoms with Crippen LogP contribution < -0.4 is 15.5 Å². The summed E-state index contributed by atoms with van der Waals surface area (Å²) in [6.45, 7) is 2.05. The molecule has 1 unspecified atom stereocenters. The highest BCUT2D eigenvalue weighted by Crippen LogP contribution is 2.39. The average Bonchev–Trinajstić information content (AvgIpc) is 2.84. The number of nitrogens with one attached hydrogen (secondary N) is 3. The van der Waals surface area contributed by atoms with Gasteiger partial charge in [0.1, 0.15) is 23.5 Å². The van der Waals surface area contributed by atoms with Gasteiger partial charge in [0.25, 0.3) is 5.91 Å². The van der Waals surface area contributed by atoms with Gasteiger partial charge in [-0.25, -0.2) is 0 Å². The molecule has 5 nitrogen and oxygen atoms in total. The van der Waals surface area contributed by atoms with Gasteiger partial charge in [-0.3, -0.25) is 4.79 Å². The molecule has 4 rings (SSSR count). The second kappa shape index (κ2) is 5.00. The molecule has 6 heteroatoms. The lowest BCUT2D eigenvalue weighted by molar-refractivity contribution is -0.895. The number of aromatic hydroxyl groups is 1. The number of amides is 1. The highest BCUT2D eigenvalue weighted by atomic mass is 32.1. The lowest BCUT2D eigenvalue weighted by Gasteiger charge is -2.27. The largest absolute Gasteiger partial charge is 0.508 e. The number of benzene rings is 1. The van der Waals surface area contributed by atoms with Gasteiger partial charge in [-0.05, 0) is 23.3 Å². The fraction of sp³-hybridized carbons (Fsp3) is 0.312. The van der Waals surface area contributed by atoms with E-state index in [1.807, 2.05) is 6.07 Å². The first kappa shape index (κ1) is 13.6. The van der Waals surface area contributed by atoms with Crippen molar-refractivity contribution in [2.75, 3.05) is 18.9 Å². The number of anilines is 1. The molecule has 1 aromatic heterocycles. The molecule has 2 aliphatic rings. The summed E-state index contributed by atoms with van der Waals surface area (Å²) in [5, 5.41) is 17.0. The first-order chi connectivity index (χ1) is 10.6. The molecule has 2 aliphatic heterocycles. The molecule has 0 bridgehead atoms. The fourth-order valence-electron chi connectivity index (χ4n) is 3.20. The van der Waals surface area contributed by atoms with E-state index in [0.717, 1.165) is 35.6 Å². The normalized spacial score (nSPS) is 23.2. The van der Waals surface area contributed by atoms with Crippen molar-refractivity contribution in [3.05, 3.63) is 45.8 Å². The van der Waals surface area contributed by atoms with Crippen molar-refractivity contribution in [3.8, 4) is 5.75 Å². The molecule has 1 aromatic carbocycles. The van der Waals surface area contributed by atoms with Gasteiger partial charge < -0.3 is 20.6 Å². The molecular weight excluding hydrogens is 298 g/mol. The van der Waals surface area contributed by atoms with Gasteiger partial charge in [-0.15, -0.1) is 11.3 Å². The van der Waals surface area contributed by atoms with Crippen LogP contribution >= 0.6 is 11.3 Å². The van der Waals surface area contributed by atoms with Crippen LogP contribution in [0.3, 0.4) is 0 Å². The van der Waals surface area contributed by atoms with Gasteiger partial charge in [0, 0.05) is 6.42 Å². The summed E-state index contributed by atoms with van der Waals surface area (Å²) in [6.07, 6.45) is 0.663. The fourth-order valence-corrected chi connectivity index (χ4v) is 4.59. The average molecular weight is 316 g/mol. The number of hydrogen-bond donors (Lipinski definition) is 4. The summed E-state index contributed by atoms with van der Waals surface area (Å²) in [5.74, 6) is 0.189. The third kappa shape index (κ3) is 2.15. The van der Waals surface area contributed by atoms with Crippen LogP contribution in [0, 0.1) is 0 Å². The number of carbonyl (C=O) groups is 1. The van der Waals surface area contributed by atoms with Crippen molar-refractivity contribution < 1.29 is 14.8 Å². The second-order valence-electron chi connectivity index (χ2n) is 5.99. The Kier molecular flexibility index (Phi) is 3.09. The predicted molar refractivity (Wildman–Crippen MR) is 85.4 cm³/mol. The van der Waals surface area contributed by atoms with Crippen molar-refractivity contribution in [1.29, 1.82) is 0 Å². The number of phenols is 1. The lowest BCUT2D eigenvalue weighted by Crippen LogP contribution is -3.08. The second-order valence-corrected chi connectivity index (χ2v) is 7.09. The molecule has 2 atom stereocenters. The van der Waals surface area contributed by atoms with Crippen molar-refractivity contribution in [2.24, 2.45) is 0 Å². The Morgan fingerprint density at radius 1 is 1.36 bits per heavy atom. The standard InChI is InChI=1S/C16H17N3O2S/c1-19-6-5-11-12(8-19)22-16-13(11)15(21)17-14(18-16)9-3-2-4-10(20)7-9/h2-4,7,14,18,20H,5-6,8H2,1H3,(H,17,21)/p+1/t14-/m0/s1. The van der Waals surface area contributed by atoms with E-state index in [4.69, 9.17) is 0 Å². The Morgan fingerprint density at radius 2 is 2.23 bits per heavy atom. The highest BCUT2D eigenvalue weighted by molar-refractivity contribution is 7.16. The minimum atomic E-state index is -0.294. The maximum atomic E-state index is 12.6. The molecule has 22 heavy (non-hydrogen) atoms. The third-order valence-electron chi connectivity index (χ3n) is 4.34. The number of phenolic OH excluding ortho intramolecular Hbond substituents is 1. The molecule has 0 fully saturated rings. The van der Waals surface area contributed by atoms with Gasteiger partial charge in [0.2, 0.25) is 0 Å². The maximum Gasteiger partial charge on any atom is 0.256 e. The molecule has 0 saturated carbocycles. The molecule has 1 amide bonds. The molecule has 2 aromatic rings. The number of thiophene rings is 1. The molecule has 0 aliphatic carbocycles. The zero-order valence-corrected chi connectivity index (χ0v) is 13.1. The summed E-state index contributed by atoms with van der Waals surface area (Å²) < 4.78 is 0. The number of fused-ring (bicyclic) bond motifs is 3. The van der Waals surface area contributed by atoms with E-state index in [-0.39, 0.29) is 17.8 Å². The first-order valence-corrected chi connectivity index (χ1v) is 8.25. The Hall–Kier alpha value is -2.05. The SMILES string of the molecule is C[NH+]1CCc2c(sc3c2C(=O)N[C@H](c2cccc(O)c2)N3)C1. The van der Waals surface area contributed by atoms with Crippen molar-refractivity contribution >= 4 is 22.2 Å². The van der Waals surface area contributed by atoms with E-state index in [9.17, 15) is 9.90 Å². The van der Waals surface area contributed by atoms with Gasteiger partial charge >= 0.3 is 0 Å². The van der Waals surface area contributed by atoms with Gasteiger partial charge in [0.15, 0.2) is 0 Å². The van der Waals surface area contributed by atoms with E-state index in [0.29, 0.717) is 0 Å². The van der Waals surface area contributed by atoms with Crippen LogP contribution in [0.15, 0.2) is 24.3 Å². The molecule has 0 radical (unpaired) electrons. The van der Waals surface area contributed by atoms with Crippen LogP contribution in [-0.4, -0.2) is 24.6 Å². The Bertz CT molecular complexity index is 756. The number of likely N-dealkylation sites (N-methyl/N-ethyl adjacent to an activating group) is 1. The summed E-state index contributed by atoms with van der Waals surface area (Å²) >= 11 is 1.69. The van der Waals surface area contributed by atoms with Gasteiger partial charge in [0.05, 0.1) is 24.0 Å². The summed E-state index contributed by atoms with van der Waals surface area (Å²) in [6, 6.07) is 6.98. The maximum absolute atomic E-state index is 12.6. The third-order valence-corrected chi connectivity index (χ3v) is 5.50. The number of rotatable bonds is 1. The van der Waals surface area contributed by atoms with Crippen LogP contribution in [0.25, 0.3) is 0 Å². The number of hydrogen-bond acceptors (Lipinski definition) is 4. The van der Waals surface area contributed by atoms with Crippen molar-refractivity contribution in [2.45, 2.75) is 19.1 Å². The van der Waals surface area contributed by atoms with E-state index < -0.39 is 0 Å². The van der Waals surface area contributed by atoms with Crippen molar-refractivity contribution in [1.82, 2.24) is 5.32 Å². The first-order valence-electron chi connectivity index (χ1n) is 7.44. The molecule has 0 saturated heterocycles. The monoisotopic (exact) mass is 316 g/mol. The molecular formula is C16H18N3O2S+. The summed E-state index contributed by atoms with van der Waals surface area (Å²) in [7, 11) is 2.19. The van der Waals surface area contributed by atoms with E-state index in [2.05, 4.69) is 17.7 Å². The minimum Gasteiger partial charge on any atom is -0.508 e. The zero-order chi connectivity index (χ0) is 15.3. The lowest BCUT2D eigenvalue weighted by atomic mass is 10.0. The Morgan fingerprint density at radius 3 is 3.05 bits per heavy atom. The van der Waals surface area contributed by atoms with Crippen LogP contribution in [0.4, 0.5) is 5.00 Å². The highest BCUT2D eigenvalue weighted by Gasteiger charge is 2.33. The number of quaternary nitrogens is 1. The Labute approximate surface area is 132 Å². The molecule has 114 valence electrons. The van der Waals surface area contributed by atoms with Crippen LogP contribution in [-0.2, 0) is 13.0 Å². The van der Waals surface area contributed by atoms with Gasteiger partial charge in [-0.1, -0.05) is 12.1 Å². The van der Waals surface area contributed by atoms with Crippen molar-refractivity contribution in [3.63, 3.8) is 0 Å². The molecule has 3 heterocycles. The zero-order valence-electron chi connectivity index (χ0n) is 12.3. The Balaban J connectivity index is 1.71. The van der Waals surface area contributed by atoms with Gasteiger partial charge in [-0.2, -0.15) is 0 Å². The quantitative estimate of drug-likeness (QED) is 0.631. The smallest absolute Gasteiger partial charge is 0.256 e. The predicted octanol–water partition coefficient (Wildman–Crippen LogP) is 0.879. The number of carbonyl (C=O) groups excluding carboxylic acids is 1. The molecule has 4 N–H and O–H groups in total. The summed E-state index contributed by atoms with van der Waals surface area (Å²) in [5.41, 5.74) is 2.89. The van der Waals surface area contributed by atoms with E-state index in [1.165, 1.54) is 15.3 Å². The van der Waals surface area contributed by atoms with E-state index in [1.54, 1.807) is 29.5 Å². The van der Waals surface area contributed by atoms with Crippen LogP contribution in [0.1, 0.15) is 32.5 Å². The van der Waals surface area contributed by atoms with Crippen LogP contribution in [0.5, 0.6) is 5.75 Å². The minimum absolute atomic E-state index is 0.0147. The van der Waals surface area contributed by atoms with E-state index >= 15 is 0 Å². The van der Waals surface area contributed by atoms with Crippen LogP contribution in [0.2, 0.25) is 0 Å². The molecule has 0 spiro atoms. The summed E-state index contributed by atoms with van der Waals surface area (Å²) in [4.78, 5) is 15.4. The topological polar surface area (TPSA) is 65.8 Å².